The van der Waals surface area contributed by atoms with Crippen LogP contribution in [0, 0.1) is 0 Å². The minimum absolute atomic E-state index is 0.440. The molecular formula is C21H18N4O2S3. The van der Waals surface area contributed by atoms with E-state index in [1.54, 1.807) is 22.7 Å². The van der Waals surface area contributed by atoms with Crippen molar-refractivity contribution < 1.29 is 8.42 Å². The predicted octanol–water partition coefficient (Wildman–Crippen LogP) is 4.77. The number of hydrogen-bond acceptors (Lipinski definition) is 6. The van der Waals surface area contributed by atoms with Crippen LogP contribution in [-0.2, 0) is 10.0 Å². The highest BCUT2D eigenvalue weighted by Gasteiger charge is 2.37. The summed E-state index contributed by atoms with van der Waals surface area (Å²) in [6, 6.07) is 15.3. The molecule has 1 atom stereocenters. The van der Waals surface area contributed by atoms with E-state index in [9.17, 15) is 8.42 Å². The third kappa shape index (κ3) is 3.49. The molecule has 0 aliphatic carbocycles. The lowest BCUT2D eigenvalue weighted by Gasteiger charge is -2.21. The van der Waals surface area contributed by atoms with Crippen LogP contribution in [0.15, 0.2) is 76.0 Å². The molecule has 0 N–H and O–H groups in total. The summed E-state index contributed by atoms with van der Waals surface area (Å²) in [7, 11) is -3.55. The Kier molecular flexibility index (Phi) is 4.80. The standard InChI is InChI=1S/C21H18N4O2S3/c1-30(26,27)25-19(12-18(22-25)20-8-5-10-29-20)17-13-24(16-6-3-2-4-7-16)23-21(17)15-9-11-28-14-15/h2-11,13-14,19H,12H2,1H3/t19-/m1/s1. The molecule has 0 amide bonds. The minimum atomic E-state index is -3.55. The zero-order valence-corrected chi connectivity index (χ0v) is 18.5. The lowest BCUT2D eigenvalue weighted by atomic mass is 10.0. The van der Waals surface area contributed by atoms with Crippen molar-refractivity contribution in [3.05, 3.63) is 81.3 Å². The summed E-state index contributed by atoms with van der Waals surface area (Å²) in [5.74, 6) is 0. The van der Waals surface area contributed by atoms with E-state index in [-0.39, 0.29) is 0 Å². The number of rotatable bonds is 5. The van der Waals surface area contributed by atoms with E-state index >= 15 is 0 Å². The molecular weight excluding hydrogens is 436 g/mol. The van der Waals surface area contributed by atoms with Crippen LogP contribution in [0.5, 0.6) is 0 Å². The van der Waals surface area contributed by atoms with Crippen LogP contribution in [0.2, 0.25) is 0 Å². The molecule has 3 aromatic heterocycles. The third-order valence-electron chi connectivity index (χ3n) is 4.93. The van der Waals surface area contributed by atoms with E-state index < -0.39 is 16.1 Å². The number of nitrogens with zero attached hydrogens (tertiary/aromatic N) is 4. The molecule has 4 heterocycles. The van der Waals surface area contributed by atoms with E-state index in [2.05, 4.69) is 5.10 Å². The number of hydrazone groups is 1. The molecule has 9 heteroatoms. The monoisotopic (exact) mass is 454 g/mol. The van der Waals surface area contributed by atoms with Crippen LogP contribution < -0.4 is 0 Å². The van der Waals surface area contributed by atoms with Gasteiger partial charge in [0.1, 0.15) is 0 Å². The SMILES string of the molecule is CS(=O)(=O)N1N=C(c2cccs2)C[C@@H]1c1cn(-c2ccccc2)nc1-c1ccsc1. The highest BCUT2D eigenvalue weighted by Crippen LogP contribution is 2.40. The first-order chi connectivity index (χ1) is 14.5. The number of thiophene rings is 2. The fourth-order valence-electron chi connectivity index (χ4n) is 3.59. The summed E-state index contributed by atoms with van der Waals surface area (Å²) in [5, 5.41) is 15.3. The predicted molar refractivity (Wildman–Crippen MR) is 122 cm³/mol. The lowest BCUT2D eigenvalue weighted by Crippen LogP contribution is -2.26. The Hall–Kier alpha value is -2.75. The van der Waals surface area contributed by atoms with Crippen LogP contribution in [0.3, 0.4) is 0 Å². The van der Waals surface area contributed by atoms with Crippen molar-refractivity contribution in [1.82, 2.24) is 14.2 Å². The van der Waals surface area contributed by atoms with Crippen molar-refractivity contribution in [3.63, 3.8) is 0 Å². The van der Waals surface area contributed by atoms with Gasteiger partial charge in [0.25, 0.3) is 0 Å². The molecule has 30 heavy (non-hydrogen) atoms. The number of aromatic nitrogens is 2. The van der Waals surface area contributed by atoms with Gasteiger partial charge in [-0.1, -0.05) is 24.3 Å². The van der Waals surface area contributed by atoms with E-state index in [4.69, 9.17) is 5.10 Å². The van der Waals surface area contributed by atoms with Crippen molar-refractivity contribution in [2.45, 2.75) is 12.5 Å². The molecule has 0 fully saturated rings. The van der Waals surface area contributed by atoms with E-state index in [1.165, 1.54) is 10.7 Å². The molecule has 1 aliphatic heterocycles. The maximum absolute atomic E-state index is 12.6. The topological polar surface area (TPSA) is 67.6 Å². The largest absolute Gasteiger partial charge is 0.247 e. The number of sulfonamides is 1. The molecule has 0 unspecified atom stereocenters. The van der Waals surface area contributed by atoms with Gasteiger partial charge >= 0.3 is 0 Å². The average molecular weight is 455 g/mol. The Labute approximate surface area is 182 Å². The summed E-state index contributed by atoms with van der Waals surface area (Å²) < 4.78 is 28.3. The second-order valence-corrected chi connectivity index (χ2v) is 10.6. The maximum Gasteiger partial charge on any atom is 0.247 e. The summed E-state index contributed by atoms with van der Waals surface area (Å²) in [4.78, 5) is 0.985. The van der Waals surface area contributed by atoms with Crippen LogP contribution in [0.1, 0.15) is 22.9 Å². The van der Waals surface area contributed by atoms with Gasteiger partial charge in [-0.25, -0.2) is 13.1 Å². The van der Waals surface area contributed by atoms with Crippen molar-refractivity contribution >= 4 is 38.4 Å². The third-order valence-corrected chi connectivity index (χ3v) is 7.55. The first-order valence-electron chi connectivity index (χ1n) is 9.29. The van der Waals surface area contributed by atoms with Gasteiger partial charge in [0, 0.05) is 29.1 Å². The molecule has 1 aliphatic rings. The van der Waals surface area contributed by atoms with Crippen molar-refractivity contribution in [3.8, 4) is 16.9 Å². The zero-order valence-electron chi connectivity index (χ0n) is 16.0. The molecule has 0 saturated heterocycles. The summed E-state index contributed by atoms with van der Waals surface area (Å²) >= 11 is 3.15. The Balaban J connectivity index is 1.64. The van der Waals surface area contributed by atoms with Crippen molar-refractivity contribution in [2.75, 3.05) is 6.26 Å². The van der Waals surface area contributed by atoms with Gasteiger partial charge in [-0.15, -0.1) is 11.3 Å². The van der Waals surface area contributed by atoms with Crippen molar-refractivity contribution in [1.29, 1.82) is 0 Å². The molecule has 5 rings (SSSR count). The molecule has 6 nitrogen and oxygen atoms in total. The van der Waals surface area contributed by atoms with E-state index in [0.717, 1.165) is 33.1 Å². The second-order valence-electron chi connectivity index (χ2n) is 7.00. The number of benzene rings is 1. The van der Waals surface area contributed by atoms with Crippen LogP contribution >= 0.6 is 22.7 Å². The smallest absolute Gasteiger partial charge is 0.240 e. The summed E-state index contributed by atoms with van der Waals surface area (Å²) in [6.07, 6.45) is 3.63. The van der Waals surface area contributed by atoms with Gasteiger partial charge in [0.2, 0.25) is 10.0 Å². The quantitative estimate of drug-likeness (QED) is 0.436. The van der Waals surface area contributed by atoms with Gasteiger partial charge in [0.15, 0.2) is 0 Å². The number of hydrogen-bond donors (Lipinski definition) is 0. The average Bonchev–Trinajstić information content (AvgIpc) is 3.53. The number of para-hydroxylation sites is 1. The lowest BCUT2D eigenvalue weighted by molar-refractivity contribution is 0.375. The molecule has 0 saturated carbocycles. The maximum atomic E-state index is 12.6. The van der Waals surface area contributed by atoms with Gasteiger partial charge in [-0.3, -0.25) is 0 Å². The Morgan fingerprint density at radius 3 is 2.57 bits per heavy atom. The Morgan fingerprint density at radius 1 is 1.07 bits per heavy atom. The van der Waals surface area contributed by atoms with Gasteiger partial charge in [-0.2, -0.15) is 26.0 Å². The van der Waals surface area contributed by atoms with Gasteiger partial charge in [0.05, 0.1) is 34.3 Å². The summed E-state index contributed by atoms with van der Waals surface area (Å²) in [6.45, 7) is 0. The second kappa shape index (κ2) is 7.50. The van der Waals surface area contributed by atoms with Crippen molar-refractivity contribution in [2.24, 2.45) is 5.10 Å². The molecule has 0 bridgehead atoms. The van der Waals surface area contributed by atoms with Crippen LogP contribution in [0.25, 0.3) is 16.9 Å². The van der Waals surface area contributed by atoms with E-state index in [1.807, 2.05) is 75.5 Å². The van der Waals surface area contributed by atoms with Crippen LogP contribution in [-0.4, -0.2) is 34.6 Å². The van der Waals surface area contributed by atoms with Gasteiger partial charge < -0.3 is 0 Å². The molecule has 1 aromatic carbocycles. The Bertz CT molecular complexity index is 1290. The fourth-order valence-corrected chi connectivity index (χ4v) is 5.84. The molecule has 4 aromatic rings. The van der Waals surface area contributed by atoms with E-state index in [0.29, 0.717) is 6.42 Å². The normalized spacial score (nSPS) is 16.8. The minimum Gasteiger partial charge on any atom is -0.240 e. The van der Waals surface area contributed by atoms with Crippen LogP contribution in [0.4, 0.5) is 0 Å². The van der Waals surface area contributed by atoms with Gasteiger partial charge in [-0.05, 0) is 35.0 Å². The molecule has 0 radical (unpaired) electrons. The zero-order chi connectivity index (χ0) is 20.7. The fraction of sp³-hybridized carbons (Fsp3) is 0.143. The highest BCUT2D eigenvalue weighted by atomic mass is 32.2. The molecule has 0 spiro atoms. The molecule has 152 valence electrons. The Morgan fingerprint density at radius 2 is 1.90 bits per heavy atom. The first-order valence-corrected chi connectivity index (χ1v) is 13.0. The summed E-state index contributed by atoms with van der Waals surface area (Å²) in [5.41, 5.74) is 4.30. The highest BCUT2D eigenvalue weighted by molar-refractivity contribution is 7.88. The first kappa shape index (κ1) is 19.2.